The van der Waals surface area contributed by atoms with Crippen LogP contribution in [0.4, 0.5) is 8.78 Å². The number of nitriles is 1. The highest BCUT2D eigenvalue weighted by molar-refractivity contribution is 5.33. The molecular formula is C15H12F2N2. The van der Waals surface area contributed by atoms with Crippen molar-refractivity contribution in [3.05, 3.63) is 70.8 Å². The van der Waals surface area contributed by atoms with Gasteiger partial charge in [0, 0.05) is 18.7 Å². The molecule has 19 heavy (non-hydrogen) atoms. The molecule has 0 unspecified atom stereocenters. The molecule has 0 saturated heterocycles. The summed E-state index contributed by atoms with van der Waals surface area (Å²) in [4.78, 5) is 0. The van der Waals surface area contributed by atoms with E-state index >= 15 is 0 Å². The van der Waals surface area contributed by atoms with E-state index in [0.29, 0.717) is 17.7 Å². The summed E-state index contributed by atoms with van der Waals surface area (Å²) in [5.74, 6) is -0.650. The molecule has 0 fully saturated rings. The number of halogens is 2. The van der Waals surface area contributed by atoms with Crippen LogP contribution in [-0.4, -0.2) is 0 Å². The first-order valence-electron chi connectivity index (χ1n) is 5.83. The minimum absolute atomic E-state index is 0.290. The van der Waals surface area contributed by atoms with Crippen molar-refractivity contribution in [2.24, 2.45) is 0 Å². The fourth-order valence-corrected chi connectivity index (χ4v) is 1.77. The van der Waals surface area contributed by atoms with Gasteiger partial charge in [-0.05, 0) is 35.9 Å². The summed E-state index contributed by atoms with van der Waals surface area (Å²) >= 11 is 0. The summed E-state index contributed by atoms with van der Waals surface area (Å²) in [5, 5.41) is 11.8. The van der Waals surface area contributed by atoms with Gasteiger partial charge >= 0.3 is 0 Å². The van der Waals surface area contributed by atoms with Crippen molar-refractivity contribution in [1.29, 1.82) is 5.26 Å². The molecule has 0 amide bonds. The van der Waals surface area contributed by atoms with Crippen LogP contribution in [0.3, 0.4) is 0 Å². The lowest BCUT2D eigenvalue weighted by atomic mass is 10.1. The number of hydrogen-bond donors (Lipinski definition) is 1. The average molecular weight is 258 g/mol. The molecule has 2 aromatic carbocycles. The highest BCUT2D eigenvalue weighted by atomic mass is 19.1. The van der Waals surface area contributed by atoms with Gasteiger partial charge in [-0.25, -0.2) is 8.78 Å². The van der Waals surface area contributed by atoms with Crippen molar-refractivity contribution in [2.75, 3.05) is 0 Å². The first-order valence-corrected chi connectivity index (χ1v) is 5.83. The third kappa shape index (κ3) is 3.60. The Labute approximate surface area is 110 Å². The lowest BCUT2D eigenvalue weighted by Crippen LogP contribution is -2.14. The predicted octanol–water partition coefficient (Wildman–Crippen LogP) is 3.13. The second-order valence-corrected chi connectivity index (χ2v) is 4.15. The molecule has 2 rings (SSSR count). The van der Waals surface area contributed by atoms with E-state index in [1.54, 1.807) is 12.1 Å². The van der Waals surface area contributed by atoms with Gasteiger partial charge in [0.05, 0.1) is 11.6 Å². The van der Waals surface area contributed by atoms with Crippen molar-refractivity contribution in [1.82, 2.24) is 5.32 Å². The first-order chi connectivity index (χ1) is 9.19. The van der Waals surface area contributed by atoms with E-state index in [4.69, 9.17) is 5.26 Å². The van der Waals surface area contributed by atoms with Gasteiger partial charge in [-0.3, -0.25) is 0 Å². The van der Waals surface area contributed by atoms with E-state index in [0.717, 1.165) is 5.56 Å². The van der Waals surface area contributed by atoms with Crippen molar-refractivity contribution in [3.63, 3.8) is 0 Å². The van der Waals surface area contributed by atoms with Crippen molar-refractivity contribution >= 4 is 0 Å². The molecular weight excluding hydrogens is 246 g/mol. The molecule has 0 aliphatic rings. The van der Waals surface area contributed by atoms with E-state index in [1.165, 1.54) is 30.3 Å². The molecule has 0 radical (unpaired) electrons. The molecule has 1 N–H and O–H groups in total. The maximum absolute atomic E-state index is 13.5. The molecule has 0 aliphatic carbocycles. The van der Waals surface area contributed by atoms with Gasteiger partial charge in [-0.15, -0.1) is 0 Å². The monoisotopic (exact) mass is 258 g/mol. The quantitative estimate of drug-likeness (QED) is 0.914. The summed E-state index contributed by atoms with van der Waals surface area (Å²) in [6.07, 6.45) is 0. The van der Waals surface area contributed by atoms with E-state index in [-0.39, 0.29) is 18.2 Å². The standard InChI is InChI=1S/C15H12F2N2/c16-14-3-1-2-12(7-14)9-19-10-13-6-11(8-18)4-5-15(13)17/h1-7,19H,9-10H2. The number of benzene rings is 2. The van der Waals surface area contributed by atoms with Gasteiger partial charge in [-0.1, -0.05) is 12.1 Å². The summed E-state index contributed by atoms with van der Waals surface area (Å²) < 4.78 is 26.4. The fraction of sp³-hybridized carbons (Fsp3) is 0.133. The summed E-state index contributed by atoms with van der Waals surface area (Å²) in [6.45, 7) is 0.728. The van der Waals surface area contributed by atoms with Crippen LogP contribution in [0, 0.1) is 23.0 Å². The van der Waals surface area contributed by atoms with Crippen LogP contribution in [0.25, 0.3) is 0 Å². The fourth-order valence-electron chi connectivity index (χ4n) is 1.77. The Morgan fingerprint density at radius 2 is 1.89 bits per heavy atom. The van der Waals surface area contributed by atoms with E-state index in [2.05, 4.69) is 5.32 Å². The Morgan fingerprint density at radius 3 is 2.63 bits per heavy atom. The van der Waals surface area contributed by atoms with Gasteiger partial charge in [0.25, 0.3) is 0 Å². The number of nitrogens with one attached hydrogen (secondary N) is 1. The summed E-state index contributed by atoms with van der Waals surface area (Å²) in [7, 11) is 0. The minimum atomic E-state index is -0.356. The summed E-state index contributed by atoms with van der Waals surface area (Å²) in [6, 6.07) is 12.4. The smallest absolute Gasteiger partial charge is 0.127 e. The maximum Gasteiger partial charge on any atom is 0.127 e. The third-order valence-corrected chi connectivity index (χ3v) is 2.71. The molecule has 0 saturated carbocycles. The topological polar surface area (TPSA) is 35.8 Å². The zero-order valence-electron chi connectivity index (χ0n) is 10.2. The molecule has 96 valence electrons. The molecule has 0 spiro atoms. The van der Waals surface area contributed by atoms with Gasteiger partial charge in [-0.2, -0.15) is 5.26 Å². The lowest BCUT2D eigenvalue weighted by molar-refractivity contribution is 0.585. The van der Waals surface area contributed by atoms with E-state index < -0.39 is 0 Å². The normalized spacial score (nSPS) is 10.2. The van der Waals surface area contributed by atoms with E-state index in [9.17, 15) is 8.78 Å². The molecule has 0 heterocycles. The Morgan fingerprint density at radius 1 is 1.05 bits per heavy atom. The van der Waals surface area contributed by atoms with Crippen LogP contribution in [0.15, 0.2) is 42.5 Å². The zero-order chi connectivity index (χ0) is 13.7. The van der Waals surface area contributed by atoms with Crippen LogP contribution < -0.4 is 5.32 Å². The highest BCUT2D eigenvalue weighted by Crippen LogP contribution is 2.10. The summed E-state index contributed by atoms with van der Waals surface area (Å²) in [5.41, 5.74) is 1.64. The van der Waals surface area contributed by atoms with Crippen LogP contribution >= 0.6 is 0 Å². The SMILES string of the molecule is N#Cc1ccc(F)c(CNCc2cccc(F)c2)c1. The second-order valence-electron chi connectivity index (χ2n) is 4.15. The first kappa shape index (κ1) is 13.2. The third-order valence-electron chi connectivity index (χ3n) is 2.71. The minimum Gasteiger partial charge on any atom is -0.309 e. The van der Waals surface area contributed by atoms with Crippen LogP contribution in [0.2, 0.25) is 0 Å². The van der Waals surface area contributed by atoms with Gasteiger partial charge < -0.3 is 5.32 Å². The van der Waals surface area contributed by atoms with Crippen LogP contribution in [-0.2, 0) is 13.1 Å². The Balaban J connectivity index is 1.98. The molecule has 2 aromatic rings. The zero-order valence-corrected chi connectivity index (χ0v) is 10.2. The van der Waals surface area contributed by atoms with E-state index in [1.807, 2.05) is 6.07 Å². The molecule has 0 aromatic heterocycles. The predicted molar refractivity (Wildman–Crippen MR) is 68.1 cm³/mol. The van der Waals surface area contributed by atoms with Crippen molar-refractivity contribution in [3.8, 4) is 6.07 Å². The molecule has 2 nitrogen and oxygen atoms in total. The average Bonchev–Trinajstić information content (AvgIpc) is 2.41. The van der Waals surface area contributed by atoms with Crippen molar-refractivity contribution in [2.45, 2.75) is 13.1 Å². The second kappa shape index (κ2) is 6.07. The molecule has 0 atom stereocenters. The number of nitrogens with zero attached hydrogens (tertiary/aromatic N) is 1. The molecule has 4 heteroatoms. The molecule has 0 aliphatic heterocycles. The van der Waals surface area contributed by atoms with Crippen LogP contribution in [0.5, 0.6) is 0 Å². The van der Waals surface area contributed by atoms with Crippen molar-refractivity contribution < 1.29 is 8.78 Å². The Hall–Kier alpha value is -2.25. The lowest BCUT2D eigenvalue weighted by Gasteiger charge is -2.06. The number of rotatable bonds is 4. The molecule has 0 bridgehead atoms. The Kier molecular flexibility index (Phi) is 4.22. The highest BCUT2D eigenvalue weighted by Gasteiger charge is 2.03. The van der Waals surface area contributed by atoms with Crippen LogP contribution in [0.1, 0.15) is 16.7 Å². The van der Waals surface area contributed by atoms with Gasteiger partial charge in [0.15, 0.2) is 0 Å². The number of hydrogen-bond acceptors (Lipinski definition) is 2. The maximum atomic E-state index is 13.5. The van der Waals surface area contributed by atoms with Gasteiger partial charge in [0.2, 0.25) is 0 Å². The van der Waals surface area contributed by atoms with Gasteiger partial charge in [0.1, 0.15) is 11.6 Å². The largest absolute Gasteiger partial charge is 0.309 e. The Bertz CT molecular complexity index is 618.